The van der Waals surface area contributed by atoms with Gasteiger partial charge in [0.15, 0.2) is 0 Å². The Morgan fingerprint density at radius 2 is 2.14 bits per heavy atom. The van der Waals surface area contributed by atoms with E-state index in [2.05, 4.69) is 15.3 Å². The monoisotopic (exact) mass is 299 g/mol. The zero-order valence-electron chi connectivity index (χ0n) is 10.7. The molecule has 0 unspecified atom stereocenters. The largest absolute Gasteiger partial charge is 0.418 e. The summed E-state index contributed by atoms with van der Waals surface area (Å²) in [4.78, 5) is 18.5. The van der Waals surface area contributed by atoms with E-state index >= 15 is 0 Å². The molecule has 0 fully saturated rings. The number of benzene rings is 1. The van der Waals surface area contributed by atoms with E-state index in [1.807, 2.05) is 5.43 Å². The number of carbonyl (C=O) groups is 1. The number of nitrogen functional groups attached to an aromatic ring is 1. The molecule has 2 rings (SSSR count). The van der Waals surface area contributed by atoms with Gasteiger partial charge in [0.1, 0.15) is 0 Å². The SMILES string of the molecule is NNc1c(C(=O)NCc2cnc[nH]2)cccc1C(F)(F)F. The topological polar surface area (TPSA) is 95.8 Å². The van der Waals surface area contributed by atoms with Gasteiger partial charge < -0.3 is 15.7 Å². The third-order valence-electron chi connectivity index (χ3n) is 2.75. The first-order chi connectivity index (χ1) is 9.93. The zero-order valence-corrected chi connectivity index (χ0v) is 10.7. The third-order valence-corrected chi connectivity index (χ3v) is 2.75. The van der Waals surface area contributed by atoms with Gasteiger partial charge in [-0.1, -0.05) is 6.07 Å². The first kappa shape index (κ1) is 14.9. The highest BCUT2D eigenvalue weighted by Gasteiger charge is 2.35. The van der Waals surface area contributed by atoms with Crippen LogP contribution in [0.3, 0.4) is 0 Å². The first-order valence-electron chi connectivity index (χ1n) is 5.85. The molecule has 0 saturated carbocycles. The highest BCUT2D eigenvalue weighted by molar-refractivity contribution is 6.00. The first-order valence-corrected chi connectivity index (χ1v) is 5.85. The van der Waals surface area contributed by atoms with E-state index in [0.29, 0.717) is 5.69 Å². The van der Waals surface area contributed by atoms with Crippen LogP contribution in [0.25, 0.3) is 0 Å². The summed E-state index contributed by atoms with van der Waals surface area (Å²) in [6.07, 6.45) is -1.69. The molecule has 0 spiro atoms. The summed E-state index contributed by atoms with van der Waals surface area (Å²) < 4.78 is 38.5. The van der Waals surface area contributed by atoms with Crippen LogP contribution in [-0.4, -0.2) is 15.9 Å². The van der Waals surface area contributed by atoms with Crippen molar-refractivity contribution >= 4 is 11.6 Å². The van der Waals surface area contributed by atoms with Gasteiger partial charge in [-0.2, -0.15) is 13.2 Å². The number of anilines is 1. The van der Waals surface area contributed by atoms with Crippen molar-refractivity contribution in [1.29, 1.82) is 0 Å². The molecule has 1 aromatic heterocycles. The van der Waals surface area contributed by atoms with E-state index in [1.165, 1.54) is 18.6 Å². The van der Waals surface area contributed by atoms with Crippen LogP contribution in [0, 0.1) is 0 Å². The molecule has 112 valence electrons. The lowest BCUT2D eigenvalue weighted by molar-refractivity contribution is -0.137. The molecule has 9 heteroatoms. The number of H-pyrrole nitrogens is 1. The van der Waals surface area contributed by atoms with E-state index in [0.717, 1.165) is 12.1 Å². The van der Waals surface area contributed by atoms with Crippen molar-refractivity contribution in [3.8, 4) is 0 Å². The van der Waals surface area contributed by atoms with Crippen molar-refractivity contribution in [3.05, 3.63) is 47.5 Å². The minimum Gasteiger partial charge on any atom is -0.347 e. The fraction of sp³-hybridized carbons (Fsp3) is 0.167. The van der Waals surface area contributed by atoms with Crippen LogP contribution in [0.2, 0.25) is 0 Å². The van der Waals surface area contributed by atoms with Crippen LogP contribution in [-0.2, 0) is 12.7 Å². The molecule has 21 heavy (non-hydrogen) atoms. The number of rotatable bonds is 4. The molecule has 0 aliphatic carbocycles. The fourth-order valence-corrected chi connectivity index (χ4v) is 1.79. The minimum atomic E-state index is -4.61. The van der Waals surface area contributed by atoms with Crippen LogP contribution in [0.5, 0.6) is 0 Å². The van der Waals surface area contributed by atoms with Gasteiger partial charge in [0.25, 0.3) is 5.91 Å². The van der Waals surface area contributed by atoms with Crippen molar-refractivity contribution in [2.24, 2.45) is 5.84 Å². The highest BCUT2D eigenvalue weighted by atomic mass is 19.4. The van der Waals surface area contributed by atoms with E-state index in [4.69, 9.17) is 5.84 Å². The van der Waals surface area contributed by atoms with Gasteiger partial charge in [0.05, 0.1) is 35.4 Å². The molecule has 0 bridgehead atoms. The number of nitrogens with two attached hydrogens (primary N) is 1. The Bertz CT molecular complexity index is 624. The van der Waals surface area contributed by atoms with Crippen molar-refractivity contribution in [2.45, 2.75) is 12.7 Å². The molecule has 5 N–H and O–H groups in total. The smallest absolute Gasteiger partial charge is 0.347 e. The standard InChI is InChI=1S/C12H12F3N5O/c13-12(14,15)9-3-1-2-8(10(9)20-16)11(21)18-5-7-4-17-6-19-7/h1-4,6,20H,5,16H2,(H,17,19)(H,18,21). The van der Waals surface area contributed by atoms with Crippen LogP contribution in [0.15, 0.2) is 30.7 Å². The van der Waals surface area contributed by atoms with E-state index < -0.39 is 23.3 Å². The zero-order chi connectivity index (χ0) is 15.5. The molecule has 0 radical (unpaired) electrons. The Morgan fingerprint density at radius 3 is 2.71 bits per heavy atom. The number of hydrazine groups is 1. The number of aromatic amines is 1. The predicted molar refractivity (Wildman–Crippen MR) is 69.0 cm³/mol. The summed E-state index contributed by atoms with van der Waals surface area (Å²) in [5.41, 5.74) is 0.912. The Kier molecular flexibility index (Phi) is 4.13. The molecule has 0 atom stereocenters. The normalized spacial score (nSPS) is 11.2. The molecule has 1 heterocycles. The number of halogens is 3. The lowest BCUT2D eigenvalue weighted by Crippen LogP contribution is -2.26. The number of amides is 1. The van der Waals surface area contributed by atoms with Crippen LogP contribution in [0.4, 0.5) is 18.9 Å². The second-order valence-electron chi connectivity index (χ2n) is 4.13. The van der Waals surface area contributed by atoms with Gasteiger partial charge in [0.2, 0.25) is 0 Å². The number of para-hydroxylation sites is 1. The molecule has 6 nitrogen and oxygen atoms in total. The van der Waals surface area contributed by atoms with Gasteiger partial charge in [-0.3, -0.25) is 10.6 Å². The van der Waals surface area contributed by atoms with Crippen LogP contribution in [0.1, 0.15) is 21.6 Å². The summed E-state index contributed by atoms with van der Waals surface area (Å²) in [5, 5.41) is 2.48. The number of hydrogen-bond donors (Lipinski definition) is 4. The summed E-state index contributed by atoms with van der Waals surface area (Å²) in [5.74, 6) is 4.45. The van der Waals surface area contributed by atoms with Crippen LogP contribution < -0.4 is 16.6 Å². The number of carbonyl (C=O) groups excluding carboxylic acids is 1. The van der Waals surface area contributed by atoms with Gasteiger partial charge >= 0.3 is 6.18 Å². The van der Waals surface area contributed by atoms with Crippen molar-refractivity contribution < 1.29 is 18.0 Å². The Morgan fingerprint density at radius 1 is 1.38 bits per heavy atom. The molecular formula is C12H12F3N5O. The third kappa shape index (κ3) is 3.31. The molecule has 0 saturated heterocycles. The molecule has 0 aliphatic heterocycles. The van der Waals surface area contributed by atoms with Crippen LogP contribution >= 0.6 is 0 Å². The quantitative estimate of drug-likeness (QED) is 0.510. The maximum absolute atomic E-state index is 12.8. The van der Waals surface area contributed by atoms with Gasteiger partial charge in [-0.25, -0.2) is 4.98 Å². The van der Waals surface area contributed by atoms with E-state index in [1.54, 1.807) is 0 Å². The number of aromatic nitrogens is 2. The summed E-state index contributed by atoms with van der Waals surface area (Å²) >= 11 is 0. The van der Waals surface area contributed by atoms with Crippen molar-refractivity contribution in [2.75, 3.05) is 5.43 Å². The average Bonchev–Trinajstić information content (AvgIpc) is 2.96. The van der Waals surface area contributed by atoms with Gasteiger partial charge in [-0.15, -0.1) is 0 Å². The van der Waals surface area contributed by atoms with E-state index in [-0.39, 0.29) is 12.1 Å². The molecule has 1 amide bonds. The highest BCUT2D eigenvalue weighted by Crippen LogP contribution is 2.36. The van der Waals surface area contributed by atoms with Gasteiger partial charge in [0, 0.05) is 6.20 Å². The molecule has 2 aromatic rings. The molecule has 1 aromatic carbocycles. The Hall–Kier alpha value is -2.55. The minimum absolute atomic E-state index is 0.110. The predicted octanol–water partition coefficient (Wildman–Crippen LogP) is 1.64. The molecular weight excluding hydrogens is 287 g/mol. The van der Waals surface area contributed by atoms with Gasteiger partial charge in [-0.05, 0) is 12.1 Å². The second-order valence-corrected chi connectivity index (χ2v) is 4.13. The maximum Gasteiger partial charge on any atom is 0.418 e. The average molecular weight is 299 g/mol. The lowest BCUT2D eigenvalue weighted by atomic mass is 10.1. The Labute approximate surface area is 117 Å². The summed E-state index contributed by atoms with van der Waals surface area (Å²) in [6.45, 7) is 0.110. The Balaban J connectivity index is 2.24. The van der Waals surface area contributed by atoms with Crippen molar-refractivity contribution in [1.82, 2.24) is 15.3 Å². The maximum atomic E-state index is 12.8. The molecule has 0 aliphatic rings. The number of imidazole rings is 1. The second kappa shape index (κ2) is 5.83. The number of alkyl halides is 3. The lowest BCUT2D eigenvalue weighted by Gasteiger charge is -2.15. The summed E-state index contributed by atoms with van der Waals surface area (Å²) in [6, 6.07) is 3.25. The number of nitrogens with zero attached hydrogens (tertiary/aromatic N) is 1. The number of nitrogens with one attached hydrogen (secondary N) is 3. The summed E-state index contributed by atoms with van der Waals surface area (Å²) in [7, 11) is 0. The van der Waals surface area contributed by atoms with Crippen molar-refractivity contribution in [3.63, 3.8) is 0 Å². The van der Waals surface area contributed by atoms with E-state index in [9.17, 15) is 18.0 Å². The fourth-order valence-electron chi connectivity index (χ4n) is 1.79. The number of hydrogen-bond acceptors (Lipinski definition) is 4.